The standard InChI is InChI=1S/C19H22Cl3NO5S.H2S/c1-23(13-9-17(21)19(18(22)10-13)26-8-2-7-24)29-28-16-5-3-15(4-6-16)27-12-14(25)11-20;/h3-6,9-10,14,24-25H,2,7-8,11-12H2,1H3;1H2. The lowest BCUT2D eigenvalue weighted by molar-refractivity contribution is 0.125. The summed E-state index contributed by atoms with van der Waals surface area (Å²) in [6, 6.07) is 10.4. The molecule has 1 unspecified atom stereocenters. The fourth-order valence-corrected chi connectivity index (χ4v) is 3.25. The summed E-state index contributed by atoms with van der Waals surface area (Å²) in [5, 5.41) is 19.0. The Labute approximate surface area is 202 Å². The predicted octanol–water partition coefficient (Wildman–Crippen LogP) is 4.92. The average molecular weight is 517 g/mol. The van der Waals surface area contributed by atoms with Crippen LogP contribution in [-0.4, -0.2) is 49.1 Å². The number of hydrogen-bond acceptors (Lipinski definition) is 7. The van der Waals surface area contributed by atoms with Gasteiger partial charge in [-0.25, -0.2) is 0 Å². The number of anilines is 1. The maximum absolute atomic E-state index is 9.41. The molecular weight excluding hydrogens is 493 g/mol. The smallest absolute Gasteiger partial charge is 0.179 e. The van der Waals surface area contributed by atoms with E-state index < -0.39 is 6.10 Å². The molecule has 0 aliphatic heterocycles. The van der Waals surface area contributed by atoms with E-state index in [1.54, 1.807) is 40.7 Å². The van der Waals surface area contributed by atoms with Crippen molar-refractivity contribution in [1.29, 1.82) is 0 Å². The van der Waals surface area contributed by atoms with Crippen molar-refractivity contribution in [3.63, 3.8) is 0 Å². The first-order valence-electron chi connectivity index (χ1n) is 8.72. The summed E-state index contributed by atoms with van der Waals surface area (Å²) in [6.45, 7) is 0.489. The molecule has 2 rings (SSSR count). The van der Waals surface area contributed by atoms with Gasteiger partial charge in [-0.15, -0.1) is 11.6 Å². The van der Waals surface area contributed by atoms with Gasteiger partial charge in [0.2, 0.25) is 0 Å². The van der Waals surface area contributed by atoms with Gasteiger partial charge in [-0.05, 0) is 36.4 Å². The van der Waals surface area contributed by atoms with Gasteiger partial charge in [0.25, 0.3) is 0 Å². The minimum Gasteiger partial charge on any atom is -0.491 e. The van der Waals surface area contributed by atoms with Crippen LogP contribution in [0.4, 0.5) is 5.69 Å². The molecule has 0 aliphatic carbocycles. The van der Waals surface area contributed by atoms with Crippen molar-refractivity contribution < 1.29 is 23.9 Å². The van der Waals surface area contributed by atoms with Crippen molar-refractivity contribution in [1.82, 2.24) is 0 Å². The average Bonchev–Trinajstić information content (AvgIpc) is 2.72. The number of ether oxygens (including phenoxy) is 2. The molecule has 30 heavy (non-hydrogen) atoms. The molecule has 0 radical (unpaired) electrons. The number of nitrogens with zero attached hydrogens (tertiary/aromatic N) is 1. The molecule has 1 atom stereocenters. The van der Waals surface area contributed by atoms with E-state index in [9.17, 15) is 5.11 Å². The predicted molar refractivity (Wildman–Crippen MR) is 129 cm³/mol. The SMILES string of the molecule is CN(SOc1ccc(OCC(O)CCl)cc1)c1cc(Cl)c(OCCCO)c(Cl)c1.S. The van der Waals surface area contributed by atoms with Crippen LogP contribution in [0.3, 0.4) is 0 Å². The van der Waals surface area contributed by atoms with Crippen LogP contribution >= 0.6 is 60.5 Å². The molecule has 2 N–H and O–H groups in total. The van der Waals surface area contributed by atoms with Crippen molar-refractivity contribution in [2.75, 3.05) is 37.1 Å². The Hall–Kier alpha value is -0.870. The van der Waals surface area contributed by atoms with Crippen molar-refractivity contribution in [3.05, 3.63) is 46.4 Å². The van der Waals surface area contributed by atoms with Crippen molar-refractivity contribution in [2.45, 2.75) is 12.5 Å². The molecular formula is C19H24Cl3NO5S2. The summed E-state index contributed by atoms with van der Waals surface area (Å²) in [5.74, 6) is 1.73. The monoisotopic (exact) mass is 515 g/mol. The van der Waals surface area contributed by atoms with Crippen LogP contribution in [0.25, 0.3) is 0 Å². The summed E-state index contributed by atoms with van der Waals surface area (Å²) in [5.41, 5.74) is 0.731. The molecule has 2 aromatic carbocycles. The number of aliphatic hydroxyl groups excluding tert-OH is 2. The molecule has 0 aromatic heterocycles. The fourth-order valence-electron chi connectivity index (χ4n) is 2.08. The molecule has 168 valence electrons. The molecule has 0 heterocycles. The number of hydrogen-bond donors (Lipinski definition) is 2. The Morgan fingerprint density at radius 3 is 2.23 bits per heavy atom. The van der Waals surface area contributed by atoms with Gasteiger partial charge in [0.1, 0.15) is 24.2 Å². The minimum absolute atomic E-state index is 0. The molecule has 6 nitrogen and oxygen atoms in total. The summed E-state index contributed by atoms with van der Waals surface area (Å²) in [6.07, 6.45) is -0.211. The number of aliphatic hydroxyl groups is 2. The van der Waals surface area contributed by atoms with Crippen LogP contribution in [-0.2, 0) is 0 Å². The maximum atomic E-state index is 9.41. The van der Waals surface area contributed by atoms with Crippen LogP contribution in [0.5, 0.6) is 17.2 Å². The second-order valence-corrected chi connectivity index (χ2v) is 7.90. The van der Waals surface area contributed by atoms with Crippen LogP contribution in [0.15, 0.2) is 36.4 Å². The zero-order valence-corrected chi connectivity index (χ0v) is 20.3. The first-order valence-corrected chi connectivity index (χ1v) is 10.7. The quantitative estimate of drug-likeness (QED) is 0.179. The van der Waals surface area contributed by atoms with Gasteiger partial charge in [0.15, 0.2) is 18.0 Å². The highest BCUT2D eigenvalue weighted by Crippen LogP contribution is 2.38. The summed E-state index contributed by atoms with van der Waals surface area (Å²) < 4.78 is 18.4. The van der Waals surface area contributed by atoms with Gasteiger partial charge >= 0.3 is 0 Å². The molecule has 0 bridgehead atoms. The Morgan fingerprint density at radius 1 is 1.07 bits per heavy atom. The van der Waals surface area contributed by atoms with E-state index in [1.807, 2.05) is 7.05 Å². The van der Waals surface area contributed by atoms with E-state index in [-0.39, 0.29) is 32.6 Å². The van der Waals surface area contributed by atoms with Gasteiger partial charge in [-0.1, -0.05) is 23.2 Å². The molecule has 0 amide bonds. The second-order valence-electron chi connectivity index (χ2n) is 5.91. The number of alkyl halides is 1. The Balaban J connectivity index is 0.00000450. The first kappa shape index (κ1) is 27.2. The Kier molecular flexibility index (Phi) is 12.9. The largest absolute Gasteiger partial charge is 0.491 e. The number of halogens is 3. The maximum Gasteiger partial charge on any atom is 0.179 e. The normalized spacial score (nSPS) is 11.4. The van der Waals surface area contributed by atoms with Crippen molar-refractivity contribution >= 4 is 66.2 Å². The third-order valence-electron chi connectivity index (χ3n) is 3.59. The first-order chi connectivity index (χ1) is 13.9. The lowest BCUT2D eigenvalue weighted by atomic mass is 10.3. The third kappa shape index (κ3) is 8.70. The lowest BCUT2D eigenvalue weighted by Crippen LogP contribution is -2.18. The topological polar surface area (TPSA) is 71.4 Å². The molecule has 0 spiro atoms. The van der Waals surface area contributed by atoms with Crippen LogP contribution < -0.4 is 18.0 Å². The fraction of sp³-hybridized carbons (Fsp3) is 0.368. The Morgan fingerprint density at radius 2 is 1.67 bits per heavy atom. The van der Waals surface area contributed by atoms with Crippen LogP contribution in [0.2, 0.25) is 10.0 Å². The highest BCUT2D eigenvalue weighted by Gasteiger charge is 2.13. The molecule has 0 saturated carbocycles. The van der Waals surface area contributed by atoms with E-state index in [0.29, 0.717) is 40.3 Å². The zero-order chi connectivity index (χ0) is 21.2. The molecule has 2 aromatic rings. The second kappa shape index (κ2) is 14.2. The highest BCUT2D eigenvalue weighted by molar-refractivity contribution is 7.96. The summed E-state index contributed by atoms with van der Waals surface area (Å²) in [7, 11) is 1.81. The van der Waals surface area contributed by atoms with E-state index in [1.165, 1.54) is 0 Å². The van der Waals surface area contributed by atoms with E-state index in [4.69, 9.17) is 53.6 Å². The zero-order valence-electron chi connectivity index (χ0n) is 16.2. The van der Waals surface area contributed by atoms with E-state index >= 15 is 0 Å². The van der Waals surface area contributed by atoms with Crippen molar-refractivity contribution in [3.8, 4) is 17.2 Å². The van der Waals surface area contributed by atoms with Gasteiger partial charge in [-0.2, -0.15) is 13.5 Å². The third-order valence-corrected chi connectivity index (χ3v) is 5.20. The van der Waals surface area contributed by atoms with Crippen LogP contribution in [0, 0.1) is 0 Å². The molecule has 0 aliphatic rings. The number of benzene rings is 2. The highest BCUT2D eigenvalue weighted by atomic mass is 35.5. The number of rotatable bonds is 12. The van der Waals surface area contributed by atoms with E-state index in [2.05, 4.69) is 0 Å². The summed E-state index contributed by atoms with van der Waals surface area (Å²) >= 11 is 19.2. The van der Waals surface area contributed by atoms with Gasteiger partial charge < -0.3 is 23.9 Å². The van der Waals surface area contributed by atoms with Gasteiger partial charge in [0, 0.05) is 20.1 Å². The lowest BCUT2D eigenvalue weighted by Gasteiger charge is -2.19. The molecule has 11 heteroatoms. The summed E-state index contributed by atoms with van der Waals surface area (Å²) in [4.78, 5) is 0. The van der Waals surface area contributed by atoms with Gasteiger partial charge in [-0.3, -0.25) is 4.31 Å². The molecule has 0 fully saturated rings. The van der Waals surface area contributed by atoms with Crippen molar-refractivity contribution in [2.24, 2.45) is 0 Å². The van der Waals surface area contributed by atoms with Gasteiger partial charge in [0.05, 0.1) is 28.2 Å². The molecule has 0 saturated heterocycles. The van der Waals surface area contributed by atoms with Crippen LogP contribution in [0.1, 0.15) is 6.42 Å². The Bertz CT molecular complexity index is 747. The van der Waals surface area contributed by atoms with E-state index in [0.717, 1.165) is 17.9 Å². The minimum atomic E-state index is -0.707.